The third kappa shape index (κ3) is 5.12. The van der Waals surface area contributed by atoms with Crippen molar-refractivity contribution in [3.05, 3.63) is 100 Å². The molecule has 0 aliphatic rings. The van der Waals surface area contributed by atoms with Gasteiger partial charge in [-0.2, -0.15) is 0 Å². The molecule has 160 valence electrons. The lowest BCUT2D eigenvalue weighted by molar-refractivity contribution is -0.138. The Hall–Kier alpha value is -3.71. The maximum Gasteiger partial charge on any atom is 0.339 e. The molecule has 32 heavy (non-hydrogen) atoms. The zero-order chi connectivity index (χ0) is 22.3. The first kappa shape index (κ1) is 21.5. The van der Waals surface area contributed by atoms with Crippen LogP contribution in [-0.4, -0.2) is 23.3 Å². The second-order valence-electron chi connectivity index (χ2n) is 6.75. The number of halogens is 1. The molecule has 0 aliphatic carbocycles. The molecule has 7 heteroatoms. The van der Waals surface area contributed by atoms with Crippen LogP contribution in [0.3, 0.4) is 0 Å². The van der Waals surface area contributed by atoms with Crippen LogP contribution in [0.2, 0.25) is 0 Å². The van der Waals surface area contributed by atoms with Crippen molar-refractivity contribution in [2.45, 2.75) is 6.61 Å². The zero-order valence-corrected chi connectivity index (χ0v) is 18.8. The fourth-order valence-corrected chi connectivity index (χ4v) is 3.31. The molecular formula is C25H19BrN2O4. The average Bonchev–Trinajstić information content (AvgIpc) is 3.31. The maximum absolute atomic E-state index is 13.0. The van der Waals surface area contributed by atoms with Crippen molar-refractivity contribution in [2.24, 2.45) is 0 Å². The molecule has 0 spiro atoms. The number of ether oxygens (including phenoxy) is 2. The number of benzene rings is 3. The molecule has 6 nitrogen and oxygen atoms in total. The third-order valence-electron chi connectivity index (χ3n) is 4.63. The van der Waals surface area contributed by atoms with Gasteiger partial charge in [0.2, 0.25) is 5.89 Å². The number of hydrogen-bond acceptors (Lipinski definition) is 6. The quantitative estimate of drug-likeness (QED) is 0.185. The number of rotatable bonds is 7. The molecule has 0 aliphatic heterocycles. The van der Waals surface area contributed by atoms with Crippen molar-refractivity contribution in [1.82, 2.24) is 10.2 Å². The lowest BCUT2D eigenvalue weighted by Gasteiger charge is -2.10. The average molecular weight is 491 g/mol. The van der Waals surface area contributed by atoms with Gasteiger partial charge in [0.25, 0.3) is 5.89 Å². The number of aromatic nitrogens is 2. The third-order valence-corrected chi connectivity index (χ3v) is 5.16. The monoisotopic (exact) mass is 490 g/mol. The van der Waals surface area contributed by atoms with Gasteiger partial charge < -0.3 is 13.9 Å². The van der Waals surface area contributed by atoms with E-state index < -0.39 is 5.97 Å². The Morgan fingerprint density at radius 1 is 0.969 bits per heavy atom. The van der Waals surface area contributed by atoms with Crippen LogP contribution in [0.1, 0.15) is 17.0 Å². The lowest BCUT2D eigenvalue weighted by atomic mass is 10.0. The summed E-state index contributed by atoms with van der Waals surface area (Å²) in [5.74, 6) is 0.715. The van der Waals surface area contributed by atoms with Crippen LogP contribution in [0.5, 0.6) is 5.75 Å². The van der Waals surface area contributed by atoms with Crippen molar-refractivity contribution in [1.29, 1.82) is 0 Å². The van der Waals surface area contributed by atoms with E-state index in [0.29, 0.717) is 17.2 Å². The van der Waals surface area contributed by atoms with E-state index in [9.17, 15) is 4.79 Å². The highest BCUT2D eigenvalue weighted by molar-refractivity contribution is 9.10. The molecule has 4 aromatic rings. The molecule has 0 N–H and O–H groups in total. The van der Waals surface area contributed by atoms with Gasteiger partial charge in [-0.3, -0.25) is 0 Å². The minimum atomic E-state index is -0.509. The summed E-state index contributed by atoms with van der Waals surface area (Å²) in [6.07, 6.45) is 1.75. The van der Waals surface area contributed by atoms with Crippen molar-refractivity contribution in [3.8, 4) is 17.2 Å². The van der Waals surface area contributed by atoms with Crippen LogP contribution in [0.4, 0.5) is 0 Å². The van der Waals surface area contributed by atoms with Crippen LogP contribution in [0, 0.1) is 0 Å². The summed E-state index contributed by atoms with van der Waals surface area (Å²) in [6.45, 7) is -0.140. The smallest absolute Gasteiger partial charge is 0.339 e. The Kier molecular flexibility index (Phi) is 6.77. The molecule has 0 radical (unpaired) electrons. The summed E-state index contributed by atoms with van der Waals surface area (Å²) in [7, 11) is 1.59. The number of para-hydroxylation sites is 1. The second-order valence-corrected chi connectivity index (χ2v) is 7.67. The molecule has 1 aromatic heterocycles. The van der Waals surface area contributed by atoms with E-state index in [-0.39, 0.29) is 12.5 Å². The molecule has 0 amide bonds. The summed E-state index contributed by atoms with van der Waals surface area (Å²) in [5.41, 5.74) is 2.66. The number of esters is 1. The number of methoxy groups -OCH3 is 1. The zero-order valence-electron chi connectivity index (χ0n) is 17.2. The first-order valence-corrected chi connectivity index (χ1v) is 10.6. The van der Waals surface area contributed by atoms with E-state index in [2.05, 4.69) is 26.1 Å². The van der Waals surface area contributed by atoms with Gasteiger partial charge in [0, 0.05) is 15.6 Å². The highest BCUT2D eigenvalue weighted by atomic mass is 79.9. The minimum Gasteiger partial charge on any atom is -0.496 e. The lowest BCUT2D eigenvalue weighted by Crippen LogP contribution is -2.08. The molecule has 1 heterocycles. The van der Waals surface area contributed by atoms with E-state index in [1.807, 2.05) is 78.9 Å². The highest BCUT2D eigenvalue weighted by Crippen LogP contribution is 2.26. The molecule has 0 atom stereocenters. The first-order valence-electron chi connectivity index (χ1n) is 9.79. The summed E-state index contributed by atoms with van der Waals surface area (Å²) in [4.78, 5) is 13.0. The van der Waals surface area contributed by atoms with Gasteiger partial charge in [0.15, 0.2) is 6.61 Å². The first-order chi connectivity index (χ1) is 15.6. The Labute approximate surface area is 193 Å². The van der Waals surface area contributed by atoms with Crippen LogP contribution in [0.15, 0.2) is 87.8 Å². The summed E-state index contributed by atoms with van der Waals surface area (Å²) in [5, 5.41) is 8.02. The van der Waals surface area contributed by atoms with E-state index in [1.54, 1.807) is 13.2 Å². The molecule has 0 saturated heterocycles. The van der Waals surface area contributed by atoms with Gasteiger partial charge in [-0.15, -0.1) is 10.2 Å². The molecule has 0 bridgehead atoms. The van der Waals surface area contributed by atoms with E-state index in [4.69, 9.17) is 13.9 Å². The summed E-state index contributed by atoms with van der Waals surface area (Å²) < 4.78 is 17.5. The fraction of sp³-hybridized carbons (Fsp3) is 0.0800. The van der Waals surface area contributed by atoms with Crippen molar-refractivity contribution < 1.29 is 18.7 Å². The SMILES string of the molecule is COc1ccccc1/C=C(/C(=O)OCc1nnc(-c2ccc(Br)cc2)o1)c1ccccc1. The van der Waals surface area contributed by atoms with Crippen molar-refractivity contribution >= 4 is 33.5 Å². The van der Waals surface area contributed by atoms with Crippen LogP contribution >= 0.6 is 15.9 Å². The Morgan fingerprint density at radius 3 is 2.44 bits per heavy atom. The van der Waals surface area contributed by atoms with Crippen LogP contribution in [0.25, 0.3) is 23.1 Å². The van der Waals surface area contributed by atoms with Gasteiger partial charge in [-0.1, -0.05) is 64.5 Å². The largest absolute Gasteiger partial charge is 0.496 e. The molecule has 0 saturated carbocycles. The highest BCUT2D eigenvalue weighted by Gasteiger charge is 2.17. The summed E-state index contributed by atoms with van der Waals surface area (Å²) >= 11 is 3.39. The number of carbonyl (C=O) groups is 1. The predicted molar refractivity (Wildman–Crippen MR) is 125 cm³/mol. The standard InChI is InChI=1S/C25H19BrN2O4/c1-30-22-10-6-5-9-19(22)15-21(17-7-3-2-4-8-17)25(29)31-16-23-27-28-24(32-23)18-11-13-20(26)14-12-18/h2-15H,16H2,1H3/b21-15+. The van der Waals surface area contributed by atoms with Crippen molar-refractivity contribution in [2.75, 3.05) is 7.11 Å². The molecule has 4 rings (SSSR count). The Balaban J connectivity index is 1.55. The van der Waals surface area contributed by atoms with Gasteiger partial charge in [0.05, 0.1) is 12.7 Å². The van der Waals surface area contributed by atoms with Gasteiger partial charge in [-0.05, 0) is 42.0 Å². The second kappa shape index (κ2) is 10.1. The number of nitrogens with zero attached hydrogens (tertiary/aromatic N) is 2. The van der Waals surface area contributed by atoms with Crippen molar-refractivity contribution in [3.63, 3.8) is 0 Å². The molecule has 0 unspecified atom stereocenters. The van der Waals surface area contributed by atoms with Gasteiger partial charge in [0.1, 0.15) is 5.75 Å². The topological polar surface area (TPSA) is 74.5 Å². The molecular weight excluding hydrogens is 472 g/mol. The minimum absolute atomic E-state index is 0.140. The normalized spacial score (nSPS) is 11.2. The predicted octanol–water partition coefficient (Wildman–Crippen LogP) is 5.79. The molecule has 0 fully saturated rings. The Morgan fingerprint density at radius 2 is 1.69 bits per heavy atom. The van der Waals surface area contributed by atoms with E-state index in [0.717, 1.165) is 21.2 Å². The van der Waals surface area contributed by atoms with Gasteiger partial charge in [-0.25, -0.2) is 4.79 Å². The molecule has 3 aromatic carbocycles. The van der Waals surface area contributed by atoms with Crippen LogP contribution in [-0.2, 0) is 16.1 Å². The van der Waals surface area contributed by atoms with E-state index >= 15 is 0 Å². The van der Waals surface area contributed by atoms with E-state index in [1.165, 1.54) is 0 Å². The summed E-state index contributed by atoms with van der Waals surface area (Å²) in [6, 6.07) is 24.2. The maximum atomic E-state index is 13.0. The van der Waals surface area contributed by atoms with Gasteiger partial charge >= 0.3 is 5.97 Å². The Bertz CT molecular complexity index is 1230. The van der Waals surface area contributed by atoms with Crippen LogP contribution < -0.4 is 4.74 Å². The number of carbonyl (C=O) groups excluding carboxylic acids is 1. The number of hydrogen-bond donors (Lipinski definition) is 0. The fourth-order valence-electron chi connectivity index (χ4n) is 3.05.